The van der Waals surface area contributed by atoms with Crippen molar-refractivity contribution in [2.24, 2.45) is 0 Å². The van der Waals surface area contributed by atoms with Gasteiger partial charge < -0.3 is 19.6 Å². The summed E-state index contributed by atoms with van der Waals surface area (Å²) in [5.41, 5.74) is 2.01. The van der Waals surface area contributed by atoms with Crippen LogP contribution in [0.25, 0.3) is 0 Å². The maximum absolute atomic E-state index is 8.75. The number of aliphatic hydroxyl groups is 1. The molecule has 0 fully saturated rings. The molecule has 1 N–H and O–H groups in total. The van der Waals surface area contributed by atoms with Crippen molar-refractivity contribution in [3.8, 4) is 17.6 Å². The van der Waals surface area contributed by atoms with Gasteiger partial charge in [-0.05, 0) is 39.3 Å². The predicted octanol–water partition coefficient (Wildman–Crippen LogP) is 1.03. The average Bonchev–Trinajstić information content (AvgIpc) is 2.43. The summed E-state index contributed by atoms with van der Waals surface area (Å²) in [6, 6.07) is 5.86. The number of hydrogen-bond acceptors (Lipinski definition) is 4. The van der Waals surface area contributed by atoms with E-state index < -0.39 is 0 Å². The fourth-order valence-corrected chi connectivity index (χ4v) is 1.86. The van der Waals surface area contributed by atoms with Gasteiger partial charge in [0.25, 0.3) is 0 Å². The zero-order chi connectivity index (χ0) is 15.0. The molecule has 4 nitrogen and oxygen atoms in total. The summed E-state index contributed by atoms with van der Waals surface area (Å²) in [4.78, 5) is 4.41. The van der Waals surface area contributed by atoms with E-state index in [4.69, 9.17) is 9.84 Å². The summed E-state index contributed by atoms with van der Waals surface area (Å²) < 4.78 is 5.40. The highest BCUT2D eigenvalue weighted by Gasteiger charge is 2.07. The Morgan fingerprint density at radius 1 is 1.20 bits per heavy atom. The molecule has 0 radical (unpaired) electrons. The quantitative estimate of drug-likeness (QED) is 0.787. The number of methoxy groups -OCH3 is 1. The van der Waals surface area contributed by atoms with Crippen LogP contribution in [0.15, 0.2) is 18.2 Å². The van der Waals surface area contributed by atoms with E-state index in [1.807, 2.05) is 18.2 Å². The molecule has 0 bridgehead atoms. The largest absolute Gasteiger partial charge is 0.496 e. The van der Waals surface area contributed by atoms with Gasteiger partial charge in [-0.2, -0.15) is 0 Å². The Bertz CT molecular complexity index is 475. The summed E-state index contributed by atoms with van der Waals surface area (Å²) in [7, 11) is 7.91. The third-order valence-corrected chi connectivity index (χ3v) is 2.96. The lowest BCUT2D eigenvalue weighted by Crippen LogP contribution is -2.28. The number of nitrogens with zero attached hydrogens (tertiary/aromatic N) is 2. The highest BCUT2D eigenvalue weighted by Crippen LogP contribution is 2.21. The van der Waals surface area contributed by atoms with E-state index in [1.165, 1.54) is 0 Å². The monoisotopic (exact) mass is 276 g/mol. The van der Waals surface area contributed by atoms with E-state index in [1.54, 1.807) is 7.11 Å². The third-order valence-electron chi connectivity index (χ3n) is 2.96. The Morgan fingerprint density at radius 3 is 2.55 bits per heavy atom. The Morgan fingerprint density at radius 2 is 1.95 bits per heavy atom. The van der Waals surface area contributed by atoms with E-state index in [2.05, 4.69) is 42.8 Å². The lowest BCUT2D eigenvalue weighted by atomic mass is 10.1. The molecule has 20 heavy (non-hydrogen) atoms. The molecular formula is C16H24N2O2. The minimum atomic E-state index is -0.121. The van der Waals surface area contributed by atoms with Gasteiger partial charge in [0.1, 0.15) is 12.4 Å². The Hall–Kier alpha value is -1.54. The van der Waals surface area contributed by atoms with Crippen molar-refractivity contribution in [1.29, 1.82) is 0 Å². The summed E-state index contributed by atoms with van der Waals surface area (Å²) in [5.74, 6) is 6.47. The van der Waals surface area contributed by atoms with Crippen LogP contribution in [-0.2, 0) is 6.54 Å². The van der Waals surface area contributed by atoms with Gasteiger partial charge in [0.2, 0.25) is 0 Å². The number of likely N-dealkylation sites (N-methyl/N-ethyl adjacent to an activating group) is 2. The maximum atomic E-state index is 8.75. The minimum Gasteiger partial charge on any atom is -0.496 e. The van der Waals surface area contributed by atoms with Gasteiger partial charge >= 0.3 is 0 Å². The molecular weight excluding hydrogens is 252 g/mol. The van der Waals surface area contributed by atoms with Crippen molar-refractivity contribution >= 4 is 0 Å². The predicted molar refractivity (Wildman–Crippen MR) is 81.8 cm³/mol. The van der Waals surface area contributed by atoms with E-state index in [0.29, 0.717) is 0 Å². The van der Waals surface area contributed by atoms with Crippen molar-refractivity contribution in [1.82, 2.24) is 9.80 Å². The van der Waals surface area contributed by atoms with E-state index in [0.717, 1.165) is 36.5 Å². The summed E-state index contributed by atoms with van der Waals surface area (Å²) in [5, 5.41) is 8.75. The summed E-state index contributed by atoms with van der Waals surface area (Å²) in [6.45, 7) is 2.70. The molecule has 110 valence electrons. The first-order valence-electron chi connectivity index (χ1n) is 6.66. The molecule has 0 heterocycles. The molecule has 4 heteroatoms. The van der Waals surface area contributed by atoms with Crippen LogP contribution in [0.2, 0.25) is 0 Å². The van der Waals surface area contributed by atoms with Gasteiger partial charge in [-0.15, -0.1) is 0 Å². The second-order valence-corrected chi connectivity index (χ2v) is 5.03. The first-order valence-corrected chi connectivity index (χ1v) is 6.66. The highest BCUT2D eigenvalue weighted by atomic mass is 16.5. The first kappa shape index (κ1) is 16.5. The molecule has 0 amide bonds. The van der Waals surface area contributed by atoms with Crippen molar-refractivity contribution in [3.63, 3.8) is 0 Å². The lowest BCUT2D eigenvalue weighted by molar-refractivity contribution is 0.272. The van der Waals surface area contributed by atoms with Crippen LogP contribution in [-0.4, -0.2) is 62.9 Å². The van der Waals surface area contributed by atoms with Crippen molar-refractivity contribution < 1.29 is 9.84 Å². The van der Waals surface area contributed by atoms with Crippen LogP contribution in [0.1, 0.15) is 11.1 Å². The third kappa shape index (κ3) is 5.62. The van der Waals surface area contributed by atoms with Gasteiger partial charge in [0.05, 0.1) is 7.11 Å². The van der Waals surface area contributed by atoms with Crippen LogP contribution in [0, 0.1) is 11.8 Å². The molecule has 0 aromatic heterocycles. The second-order valence-electron chi connectivity index (χ2n) is 5.03. The molecule has 0 aliphatic heterocycles. The normalized spacial score (nSPS) is 10.6. The maximum Gasteiger partial charge on any atom is 0.123 e. The van der Waals surface area contributed by atoms with E-state index in [9.17, 15) is 0 Å². The molecule has 0 spiro atoms. The number of aliphatic hydroxyl groups excluding tert-OH is 1. The van der Waals surface area contributed by atoms with Crippen LogP contribution in [0.4, 0.5) is 0 Å². The van der Waals surface area contributed by atoms with E-state index >= 15 is 0 Å². The van der Waals surface area contributed by atoms with Crippen LogP contribution in [0.5, 0.6) is 5.75 Å². The zero-order valence-corrected chi connectivity index (χ0v) is 12.8. The smallest absolute Gasteiger partial charge is 0.123 e. The molecule has 0 saturated heterocycles. The number of benzene rings is 1. The van der Waals surface area contributed by atoms with Crippen molar-refractivity contribution in [2.45, 2.75) is 6.54 Å². The topological polar surface area (TPSA) is 35.9 Å². The molecule has 0 aliphatic rings. The van der Waals surface area contributed by atoms with Crippen LogP contribution < -0.4 is 4.74 Å². The van der Waals surface area contributed by atoms with Gasteiger partial charge in [-0.1, -0.05) is 11.8 Å². The Balaban J connectivity index is 2.80. The lowest BCUT2D eigenvalue weighted by Gasteiger charge is -2.20. The number of hydrogen-bond donors (Lipinski definition) is 1. The van der Waals surface area contributed by atoms with Crippen molar-refractivity contribution in [3.05, 3.63) is 29.3 Å². The Labute approximate surface area is 122 Å². The number of ether oxygens (including phenoxy) is 1. The second kappa shape index (κ2) is 8.60. The molecule has 1 aromatic carbocycles. The SMILES string of the molecule is COc1ccc(C#CCO)cc1CN(C)CCN(C)C. The molecule has 0 atom stereocenters. The number of rotatable bonds is 6. The average molecular weight is 276 g/mol. The van der Waals surface area contributed by atoms with Gasteiger partial charge in [-0.25, -0.2) is 0 Å². The Kier molecular flexibility index (Phi) is 7.10. The highest BCUT2D eigenvalue weighted by molar-refractivity contribution is 5.44. The van der Waals surface area contributed by atoms with Gasteiger partial charge in [0.15, 0.2) is 0 Å². The molecule has 0 aliphatic carbocycles. The molecule has 1 rings (SSSR count). The summed E-state index contributed by atoms with van der Waals surface area (Å²) >= 11 is 0. The van der Waals surface area contributed by atoms with Crippen LogP contribution in [0.3, 0.4) is 0 Å². The standard InChI is InChI=1S/C16H24N2O2/c1-17(2)9-10-18(3)13-15-12-14(6-5-11-19)7-8-16(15)20-4/h7-8,12,19H,9-11,13H2,1-4H3. The van der Waals surface area contributed by atoms with E-state index in [-0.39, 0.29) is 6.61 Å². The first-order chi connectivity index (χ1) is 9.56. The fourth-order valence-electron chi connectivity index (χ4n) is 1.86. The van der Waals surface area contributed by atoms with Gasteiger partial charge in [-0.3, -0.25) is 0 Å². The molecule has 0 unspecified atom stereocenters. The molecule has 1 aromatic rings. The minimum absolute atomic E-state index is 0.121. The van der Waals surface area contributed by atoms with Crippen molar-refractivity contribution in [2.75, 3.05) is 47.9 Å². The van der Waals surface area contributed by atoms with Gasteiger partial charge in [0, 0.05) is 30.8 Å². The van der Waals surface area contributed by atoms with Crippen LogP contribution >= 0.6 is 0 Å². The fraction of sp³-hybridized carbons (Fsp3) is 0.500. The zero-order valence-electron chi connectivity index (χ0n) is 12.8. The summed E-state index contributed by atoms with van der Waals surface area (Å²) in [6.07, 6.45) is 0. The molecule has 0 saturated carbocycles.